The molecular formula is C42H40BBrCl5N9O8S2. The van der Waals surface area contributed by atoms with E-state index in [2.05, 4.69) is 35.9 Å². The number of halogens is 6. The summed E-state index contributed by atoms with van der Waals surface area (Å²) in [4.78, 5) is -0.906. The smallest absolute Gasteiger partial charge is 0.488 e. The van der Waals surface area contributed by atoms with Gasteiger partial charge >= 0.3 is 7.12 Å². The number of phenolic OH excluding ortho intramolecular Hbond substituents is 2. The lowest BCUT2D eigenvalue weighted by Gasteiger charge is -2.12. The van der Waals surface area contributed by atoms with Crippen LogP contribution in [0.5, 0.6) is 11.5 Å². The molecule has 0 fully saturated rings. The zero-order valence-electron chi connectivity index (χ0n) is 35.6. The number of anilines is 3. The molecule has 0 aliphatic carbocycles. The van der Waals surface area contributed by atoms with E-state index in [1.54, 1.807) is 66.3 Å². The van der Waals surface area contributed by atoms with Crippen molar-refractivity contribution in [3.8, 4) is 33.8 Å². The van der Waals surface area contributed by atoms with Crippen molar-refractivity contribution in [1.82, 2.24) is 29.3 Å². The Morgan fingerprint density at radius 2 is 1.01 bits per heavy atom. The minimum absolute atomic E-state index is 0.0852. The monoisotopic (exact) mass is 1130 g/mol. The van der Waals surface area contributed by atoms with Crippen LogP contribution >= 0.6 is 73.0 Å². The van der Waals surface area contributed by atoms with Gasteiger partial charge in [0.05, 0.1) is 33.1 Å². The first-order valence-corrected chi connectivity index (χ1v) is 25.1. The van der Waals surface area contributed by atoms with Gasteiger partial charge in [-0.3, -0.25) is 18.8 Å². The molecule has 9 N–H and O–H groups in total. The first-order valence-electron chi connectivity index (χ1n) is 19.0. The van der Waals surface area contributed by atoms with Crippen molar-refractivity contribution in [2.75, 3.05) is 16.2 Å². The van der Waals surface area contributed by atoms with Crippen LogP contribution in [-0.4, -0.2) is 73.6 Å². The summed E-state index contributed by atoms with van der Waals surface area (Å²) in [5.41, 5.74) is 15.3. The Kier molecular flexibility index (Phi) is 20.0. The van der Waals surface area contributed by atoms with E-state index in [1.165, 1.54) is 16.8 Å². The number of rotatable bonds is 7. The van der Waals surface area contributed by atoms with Gasteiger partial charge in [-0.25, -0.2) is 16.8 Å². The van der Waals surface area contributed by atoms with E-state index in [4.69, 9.17) is 78.6 Å². The summed E-state index contributed by atoms with van der Waals surface area (Å²) < 4.78 is 55.1. The highest BCUT2D eigenvalue weighted by Gasteiger charge is 2.25. The van der Waals surface area contributed by atoms with E-state index in [1.807, 2.05) is 73.8 Å². The van der Waals surface area contributed by atoms with E-state index in [0.717, 1.165) is 33.3 Å². The van der Waals surface area contributed by atoms with Crippen LogP contribution in [0.15, 0.2) is 148 Å². The van der Waals surface area contributed by atoms with Gasteiger partial charge in [-0.15, -0.1) is 0 Å². The SMILES string of the molecule is Cn1ncc(-c2ccccc2)c1N.Cn1ncc(-c2ccccc2)c1NS(=O)(=O)c1cc(Cl)cc(Cl)c1O.Cn1ncc(Br)c1N.O=S(=O)(Cl)c1cc(Cl)cc(Cl)c1O.OB(O)c1ccccc1. The van der Waals surface area contributed by atoms with E-state index in [0.29, 0.717) is 22.7 Å². The number of sulfonamides is 1. The number of phenols is 2. The van der Waals surface area contributed by atoms with E-state index in [-0.39, 0.29) is 25.9 Å². The molecule has 0 saturated carbocycles. The lowest BCUT2D eigenvalue weighted by Crippen LogP contribution is -2.29. The predicted octanol–water partition coefficient (Wildman–Crippen LogP) is 8.33. The minimum Gasteiger partial charge on any atom is -0.505 e. The van der Waals surface area contributed by atoms with Crippen LogP contribution in [0.2, 0.25) is 20.1 Å². The second-order valence-electron chi connectivity index (χ2n) is 13.6. The third-order valence-corrected chi connectivity index (χ3v) is 13.2. The van der Waals surface area contributed by atoms with Gasteiger partial charge in [0.15, 0.2) is 11.5 Å². The molecule has 8 rings (SSSR count). The summed E-state index contributed by atoms with van der Waals surface area (Å²) >= 11 is 25.9. The number of aryl methyl sites for hydroxylation is 3. The Bertz CT molecular complexity index is 3150. The van der Waals surface area contributed by atoms with Crippen LogP contribution in [0.3, 0.4) is 0 Å². The Morgan fingerprint density at radius 3 is 1.41 bits per heavy atom. The van der Waals surface area contributed by atoms with Gasteiger partial charge in [0.1, 0.15) is 27.2 Å². The Morgan fingerprint density at radius 1 is 0.603 bits per heavy atom. The zero-order valence-corrected chi connectivity index (χ0v) is 42.6. The molecule has 0 atom stereocenters. The fourth-order valence-electron chi connectivity index (χ4n) is 5.38. The minimum atomic E-state index is -4.14. The lowest BCUT2D eigenvalue weighted by molar-refractivity contribution is 0.425. The number of aromatic hydroxyl groups is 2. The average molecular weight is 1130 g/mol. The van der Waals surface area contributed by atoms with E-state index in [9.17, 15) is 27.0 Å². The summed E-state index contributed by atoms with van der Waals surface area (Å²) in [6.07, 6.45) is 5.00. The number of nitrogens with two attached hydrogens (primary N) is 2. The van der Waals surface area contributed by atoms with Crippen LogP contribution in [-0.2, 0) is 40.2 Å². The van der Waals surface area contributed by atoms with Crippen molar-refractivity contribution in [3.05, 3.63) is 158 Å². The number of aromatic nitrogens is 6. The summed E-state index contributed by atoms with van der Waals surface area (Å²) in [6.45, 7) is 0. The van der Waals surface area contributed by atoms with Crippen LogP contribution in [0.25, 0.3) is 22.3 Å². The first kappa shape index (κ1) is 55.1. The standard InChI is InChI=1S/C16H13Cl2N3O3S.C10H11N3.C6H7BO2.C6H3Cl3O3S.C4H6BrN3/c1-21-16(12(9-19-21)10-5-3-2-4-6-10)20-25(23,24)14-8-11(17)7-13(18)15(14)22;1-13-10(11)9(7-12-13)8-5-3-2-4-6-8;8-7(9)6-4-2-1-3-5-6;7-3-1-4(8)6(10)5(2-3)13(9,11)12;1-8-4(6)3(5)2-7-8/h2-9,20,22H,1H3;2-7H,11H2,1H3;1-5,8-9H;1-2,10H;2H,6H2,1H3. The average Bonchev–Trinajstić information content (AvgIpc) is 3.94. The molecule has 17 nitrogen and oxygen atoms in total. The maximum atomic E-state index is 12.7. The number of nitrogen functional groups attached to an aromatic ring is 2. The third-order valence-electron chi connectivity index (χ3n) is 8.90. The van der Waals surface area contributed by atoms with Crippen molar-refractivity contribution >= 4 is 122 Å². The van der Waals surface area contributed by atoms with Crippen LogP contribution in [0.1, 0.15) is 0 Å². The topological polar surface area (TPSA) is 267 Å². The molecule has 3 aromatic heterocycles. The molecule has 0 aliphatic heterocycles. The molecule has 358 valence electrons. The number of nitrogens with one attached hydrogen (secondary N) is 1. The van der Waals surface area contributed by atoms with Crippen molar-refractivity contribution in [1.29, 1.82) is 0 Å². The summed E-state index contributed by atoms with van der Waals surface area (Å²) in [5.74, 6) is 0.445. The normalized spacial score (nSPS) is 10.8. The van der Waals surface area contributed by atoms with Gasteiger partial charge in [0.25, 0.3) is 19.1 Å². The van der Waals surface area contributed by atoms with Crippen LogP contribution in [0.4, 0.5) is 17.5 Å². The molecule has 0 aliphatic rings. The largest absolute Gasteiger partial charge is 0.505 e. The molecule has 0 spiro atoms. The summed E-state index contributed by atoms with van der Waals surface area (Å²) in [7, 11) is 0.728. The van der Waals surface area contributed by atoms with E-state index < -0.39 is 47.5 Å². The number of benzene rings is 5. The summed E-state index contributed by atoms with van der Waals surface area (Å²) in [6, 6.07) is 32.5. The Labute approximate surface area is 424 Å². The molecule has 0 saturated heterocycles. The van der Waals surface area contributed by atoms with Crippen molar-refractivity contribution in [2.24, 2.45) is 21.1 Å². The van der Waals surface area contributed by atoms with Gasteiger partial charge < -0.3 is 31.7 Å². The lowest BCUT2D eigenvalue weighted by atomic mass is 9.81. The number of hydrogen-bond acceptors (Lipinski definition) is 13. The van der Waals surface area contributed by atoms with Crippen molar-refractivity contribution in [2.45, 2.75) is 9.79 Å². The Hall–Kier alpha value is -5.46. The van der Waals surface area contributed by atoms with Gasteiger partial charge in [0, 0.05) is 53.0 Å². The predicted molar refractivity (Wildman–Crippen MR) is 273 cm³/mol. The fourth-order valence-corrected chi connectivity index (χ4v) is 9.17. The highest BCUT2D eigenvalue weighted by molar-refractivity contribution is 9.10. The summed E-state index contributed by atoms with van der Waals surface area (Å²) in [5, 5.41) is 48.3. The quantitative estimate of drug-likeness (QED) is 0.0585. The van der Waals surface area contributed by atoms with Crippen molar-refractivity contribution in [3.63, 3.8) is 0 Å². The molecule has 8 aromatic rings. The van der Waals surface area contributed by atoms with Gasteiger partial charge in [-0.1, -0.05) is 137 Å². The highest BCUT2D eigenvalue weighted by atomic mass is 79.9. The van der Waals surface area contributed by atoms with Crippen molar-refractivity contribution < 1.29 is 37.1 Å². The van der Waals surface area contributed by atoms with Crippen LogP contribution in [0, 0.1) is 0 Å². The highest BCUT2D eigenvalue weighted by Crippen LogP contribution is 2.37. The molecule has 0 bridgehead atoms. The first-order chi connectivity index (χ1) is 31.9. The molecule has 68 heavy (non-hydrogen) atoms. The maximum absolute atomic E-state index is 12.7. The molecular weight excluding hydrogens is 1090 g/mol. The van der Waals surface area contributed by atoms with Gasteiger partial charge in [0.2, 0.25) is 0 Å². The number of hydrogen-bond donors (Lipinski definition) is 7. The second-order valence-corrected chi connectivity index (χ2v) is 20.4. The zero-order chi connectivity index (χ0) is 50.5. The molecule has 3 heterocycles. The van der Waals surface area contributed by atoms with E-state index >= 15 is 0 Å². The third kappa shape index (κ3) is 15.3. The number of nitrogens with zero attached hydrogens (tertiary/aromatic N) is 6. The van der Waals surface area contributed by atoms with Gasteiger partial charge in [-0.05, 0) is 56.8 Å². The molecule has 0 amide bonds. The second kappa shape index (κ2) is 24.7. The molecule has 26 heteroatoms. The van der Waals surface area contributed by atoms with Crippen LogP contribution < -0.4 is 21.7 Å². The maximum Gasteiger partial charge on any atom is 0.488 e. The molecule has 5 aromatic carbocycles. The molecule has 0 radical (unpaired) electrons. The fraction of sp³-hybridized carbons (Fsp3) is 0.0714. The Balaban J connectivity index is 0.000000199. The molecule has 0 unspecified atom stereocenters. The van der Waals surface area contributed by atoms with Gasteiger partial charge in [-0.2, -0.15) is 15.3 Å².